The Labute approximate surface area is 159 Å². The SMILES string of the molecule is CCCCCN(C)C=Nc1cc(C)c(Cc2nc(C(=O)O)cs2)cc1C. The van der Waals surface area contributed by atoms with Crippen molar-refractivity contribution in [3.8, 4) is 0 Å². The number of benzene rings is 1. The number of aryl methyl sites for hydroxylation is 2. The first-order valence-corrected chi connectivity index (χ1v) is 9.81. The minimum Gasteiger partial charge on any atom is -0.476 e. The smallest absolute Gasteiger partial charge is 0.355 e. The number of aliphatic imine (C=N–C) groups is 1. The molecule has 5 nitrogen and oxygen atoms in total. The van der Waals surface area contributed by atoms with Crippen molar-refractivity contribution in [1.82, 2.24) is 9.88 Å². The highest BCUT2D eigenvalue weighted by Crippen LogP contribution is 2.25. The molecule has 0 fully saturated rings. The highest BCUT2D eigenvalue weighted by atomic mass is 32.1. The first-order valence-electron chi connectivity index (χ1n) is 8.93. The van der Waals surface area contributed by atoms with Gasteiger partial charge in [0, 0.05) is 25.4 Å². The van der Waals surface area contributed by atoms with E-state index < -0.39 is 5.97 Å². The number of hydrogen-bond donors (Lipinski definition) is 1. The van der Waals surface area contributed by atoms with Crippen molar-refractivity contribution in [1.29, 1.82) is 0 Å². The molecule has 0 radical (unpaired) electrons. The zero-order valence-corrected chi connectivity index (χ0v) is 16.8. The number of carbonyl (C=O) groups is 1. The van der Waals surface area contributed by atoms with Crippen LogP contribution in [0.2, 0.25) is 0 Å². The van der Waals surface area contributed by atoms with Crippen LogP contribution in [-0.4, -0.2) is 40.9 Å². The fraction of sp³-hybridized carbons (Fsp3) is 0.450. The van der Waals surface area contributed by atoms with E-state index in [0.29, 0.717) is 6.42 Å². The molecule has 2 rings (SSSR count). The Balaban J connectivity index is 2.08. The van der Waals surface area contributed by atoms with Gasteiger partial charge in [0.05, 0.1) is 17.0 Å². The molecule has 1 N–H and O–H groups in total. The van der Waals surface area contributed by atoms with Gasteiger partial charge < -0.3 is 10.0 Å². The molecule has 0 aliphatic rings. The lowest BCUT2D eigenvalue weighted by molar-refractivity contribution is 0.0691. The lowest BCUT2D eigenvalue weighted by Gasteiger charge is -2.13. The number of hydrogen-bond acceptors (Lipinski definition) is 4. The van der Waals surface area contributed by atoms with Gasteiger partial charge in [0.15, 0.2) is 5.69 Å². The molecular weight excluding hydrogens is 346 g/mol. The van der Waals surface area contributed by atoms with Crippen LogP contribution in [0.1, 0.15) is 58.4 Å². The molecule has 1 heterocycles. The highest BCUT2D eigenvalue weighted by Gasteiger charge is 2.11. The third kappa shape index (κ3) is 5.66. The molecule has 2 aromatic rings. The standard InChI is InChI=1S/C20H27N3O2S/c1-5-6-7-8-23(4)13-21-17-10-14(2)16(9-15(17)3)11-19-22-18(12-26-19)20(24)25/h9-10,12-13H,5-8,11H2,1-4H3,(H,24,25). The van der Waals surface area contributed by atoms with E-state index in [4.69, 9.17) is 5.11 Å². The van der Waals surface area contributed by atoms with Crippen LogP contribution in [-0.2, 0) is 6.42 Å². The summed E-state index contributed by atoms with van der Waals surface area (Å²) in [5.41, 5.74) is 4.50. The summed E-state index contributed by atoms with van der Waals surface area (Å²) in [6, 6.07) is 4.22. The predicted molar refractivity (Wildman–Crippen MR) is 108 cm³/mol. The summed E-state index contributed by atoms with van der Waals surface area (Å²) in [5.74, 6) is -0.979. The summed E-state index contributed by atoms with van der Waals surface area (Å²) < 4.78 is 0. The summed E-state index contributed by atoms with van der Waals surface area (Å²) in [5, 5.41) is 11.4. The van der Waals surface area contributed by atoms with Gasteiger partial charge in [0.1, 0.15) is 0 Å². The number of carboxylic acid groups (broad SMARTS) is 1. The highest BCUT2D eigenvalue weighted by molar-refractivity contribution is 7.09. The first kappa shape index (κ1) is 20.1. The van der Waals surface area contributed by atoms with Crippen molar-refractivity contribution >= 4 is 29.3 Å². The first-order chi connectivity index (χ1) is 12.4. The van der Waals surface area contributed by atoms with Gasteiger partial charge in [-0.15, -0.1) is 11.3 Å². The van der Waals surface area contributed by atoms with Gasteiger partial charge >= 0.3 is 5.97 Å². The van der Waals surface area contributed by atoms with Crippen LogP contribution < -0.4 is 0 Å². The van der Waals surface area contributed by atoms with Crippen molar-refractivity contribution in [2.45, 2.75) is 46.5 Å². The van der Waals surface area contributed by atoms with E-state index in [0.717, 1.165) is 33.9 Å². The van der Waals surface area contributed by atoms with Crippen LogP contribution >= 0.6 is 11.3 Å². The summed E-state index contributed by atoms with van der Waals surface area (Å²) in [6.07, 6.45) is 6.19. The van der Waals surface area contributed by atoms with Crippen LogP contribution in [0.15, 0.2) is 22.5 Å². The van der Waals surface area contributed by atoms with E-state index in [1.54, 1.807) is 5.38 Å². The number of rotatable bonds is 9. The Morgan fingerprint density at radius 1 is 1.31 bits per heavy atom. The topological polar surface area (TPSA) is 65.8 Å². The third-order valence-electron chi connectivity index (χ3n) is 4.28. The Bertz CT molecular complexity index is 783. The molecule has 0 bridgehead atoms. The van der Waals surface area contributed by atoms with Crippen LogP contribution in [0.25, 0.3) is 0 Å². The van der Waals surface area contributed by atoms with Crippen molar-refractivity contribution < 1.29 is 9.90 Å². The fourth-order valence-corrected chi connectivity index (χ4v) is 3.46. The molecule has 140 valence electrons. The van der Waals surface area contributed by atoms with Crippen LogP contribution in [0.5, 0.6) is 0 Å². The number of unbranched alkanes of at least 4 members (excludes halogenated alkanes) is 2. The minimum atomic E-state index is -0.979. The largest absolute Gasteiger partial charge is 0.476 e. The Kier molecular flexibility index (Phi) is 7.33. The predicted octanol–water partition coefficient (Wildman–Crippen LogP) is 4.83. The van der Waals surface area contributed by atoms with Gasteiger partial charge in [-0.2, -0.15) is 0 Å². The Hall–Kier alpha value is -2.21. The van der Waals surface area contributed by atoms with Crippen LogP contribution in [0.4, 0.5) is 5.69 Å². The molecule has 0 unspecified atom stereocenters. The second-order valence-corrected chi connectivity index (χ2v) is 7.55. The molecule has 6 heteroatoms. The minimum absolute atomic E-state index is 0.117. The molecule has 1 aromatic heterocycles. The monoisotopic (exact) mass is 373 g/mol. The molecule has 0 aliphatic heterocycles. The molecular formula is C20H27N3O2S. The van der Waals surface area contributed by atoms with Crippen molar-refractivity contribution in [2.24, 2.45) is 4.99 Å². The second kappa shape index (κ2) is 9.48. The number of aromatic carboxylic acids is 1. The van der Waals surface area contributed by atoms with Crippen LogP contribution in [0.3, 0.4) is 0 Å². The molecule has 0 saturated carbocycles. The zero-order chi connectivity index (χ0) is 19.1. The van der Waals surface area contributed by atoms with Gasteiger partial charge in [-0.1, -0.05) is 25.8 Å². The average molecular weight is 374 g/mol. The molecule has 0 atom stereocenters. The summed E-state index contributed by atoms with van der Waals surface area (Å²) in [4.78, 5) is 21.9. The van der Waals surface area contributed by atoms with Gasteiger partial charge in [-0.05, 0) is 43.0 Å². The fourth-order valence-electron chi connectivity index (χ4n) is 2.67. The quantitative estimate of drug-likeness (QED) is 0.388. The third-order valence-corrected chi connectivity index (χ3v) is 5.12. The van der Waals surface area contributed by atoms with E-state index in [1.807, 2.05) is 6.34 Å². The van der Waals surface area contributed by atoms with E-state index >= 15 is 0 Å². The molecule has 1 aromatic carbocycles. The van der Waals surface area contributed by atoms with Gasteiger partial charge in [0.2, 0.25) is 0 Å². The molecule has 0 spiro atoms. The van der Waals surface area contributed by atoms with Crippen molar-refractivity contribution in [2.75, 3.05) is 13.6 Å². The number of aromatic nitrogens is 1. The second-order valence-electron chi connectivity index (χ2n) is 6.61. The van der Waals surface area contributed by atoms with E-state index in [1.165, 1.54) is 30.6 Å². The lowest BCUT2D eigenvalue weighted by Crippen LogP contribution is -2.17. The van der Waals surface area contributed by atoms with Gasteiger partial charge in [0.25, 0.3) is 0 Å². The van der Waals surface area contributed by atoms with Gasteiger partial charge in [-0.3, -0.25) is 0 Å². The zero-order valence-electron chi connectivity index (χ0n) is 16.0. The number of thiazole rings is 1. The maximum absolute atomic E-state index is 11.0. The van der Waals surface area contributed by atoms with Crippen molar-refractivity contribution in [3.05, 3.63) is 44.9 Å². The maximum Gasteiger partial charge on any atom is 0.355 e. The average Bonchev–Trinajstić information content (AvgIpc) is 3.06. The van der Waals surface area contributed by atoms with E-state index in [9.17, 15) is 4.79 Å². The number of carboxylic acids is 1. The van der Waals surface area contributed by atoms with Gasteiger partial charge in [-0.25, -0.2) is 14.8 Å². The van der Waals surface area contributed by atoms with Crippen molar-refractivity contribution in [3.63, 3.8) is 0 Å². The molecule has 0 amide bonds. The Morgan fingerprint density at radius 2 is 2.08 bits per heavy atom. The normalized spacial score (nSPS) is 11.2. The summed E-state index contributed by atoms with van der Waals surface area (Å²) >= 11 is 1.39. The maximum atomic E-state index is 11.0. The number of nitrogens with zero attached hydrogens (tertiary/aromatic N) is 3. The summed E-state index contributed by atoms with van der Waals surface area (Å²) in [6.45, 7) is 7.33. The molecule has 0 aliphatic carbocycles. The van der Waals surface area contributed by atoms with Crippen LogP contribution in [0, 0.1) is 13.8 Å². The molecule has 26 heavy (non-hydrogen) atoms. The van der Waals surface area contributed by atoms with E-state index in [-0.39, 0.29) is 5.69 Å². The summed E-state index contributed by atoms with van der Waals surface area (Å²) in [7, 11) is 2.05. The lowest BCUT2D eigenvalue weighted by atomic mass is 10.0. The van der Waals surface area contributed by atoms with E-state index in [2.05, 4.69) is 54.8 Å². The Morgan fingerprint density at radius 3 is 2.73 bits per heavy atom. The molecule has 0 saturated heterocycles.